The van der Waals surface area contributed by atoms with Crippen LogP contribution in [0.5, 0.6) is 5.75 Å². The molecule has 1 fully saturated rings. The number of hydrogen-bond acceptors (Lipinski definition) is 4. The van der Waals surface area contributed by atoms with Crippen LogP contribution in [0.1, 0.15) is 42.6 Å². The van der Waals surface area contributed by atoms with Gasteiger partial charge in [0.2, 0.25) is 0 Å². The minimum Gasteiger partial charge on any atom is -0.497 e. The van der Waals surface area contributed by atoms with E-state index in [0.29, 0.717) is 28.6 Å². The van der Waals surface area contributed by atoms with Gasteiger partial charge in [-0.2, -0.15) is 0 Å². The Morgan fingerprint density at radius 3 is 2.22 bits per heavy atom. The number of nitrogens with one attached hydrogen (secondary N) is 3. The minimum absolute atomic E-state index is 0.00643. The van der Waals surface area contributed by atoms with Crippen LogP contribution in [0.25, 0.3) is 0 Å². The van der Waals surface area contributed by atoms with Crippen molar-refractivity contribution in [1.29, 1.82) is 0 Å². The fourth-order valence-corrected chi connectivity index (χ4v) is 4.70. The summed E-state index contributed by atoms with van der Waals surface area (Å²) >= 11 is 0. The molecule has 3 N–H and O–H groups in total. The summed E-state index contributed by atoms with van der Waals surface area (Å²) in [7, 11) is 1.60. The highest BCUT2D eigenvalue weighted by molar-refractivity contribution is 6.04. The number of urea groups is 1. The van der Waals surface area contributed by atoms with E-state index < -0.39 is 0 Å². The lowest BCUT2D eigenvalue weighted by molar-refractivity contribution is 0.0943. The summed E-state index contributed by atoms with van der Waals surface area (Å²) in [6, 6.07) is 22.9. The van der Waals surface area contributed by atoms with Crippen LogP contribution >= 0.6 is 0 Å². The summed E-state index contributed by atoms with van der Waals surface area (Å²) < 4.78 is 5.16. The van der Waals surface area contributed by atoms with Gasteiger partial charge in [0.15, 0.2) is 0 Å². The van der Waals surface area contributed by atoms with Crippen molar-refractivity contribution in [1.82, 2.24) is 5.32 Å². The number of ether oxygens (including phenoxy) is 1. The molecule has 7 nitrogen and oxygen atoms in total. The summed E-state index contributed by atoms with van der Waals surface area (Å²) in [5.74, 6) is 1.20. The first-order valence-electron chi connectivity index (χ1n) is 12.9. The lowest BCUT2D eigenvalue weighted by atomic mass is 9.89. The Hall–Kier alpha value is -4.00. The average molecular weight is 501 g/mol. The molecule has 3 aromatic rings. The van der Waals surface area contributed by atoms with E-state index in [1.54, 1.807) is 37.4 Å². The molecule has 0 unspecified atom stereocenters. The van der Waals surface area contributed by atoms with Crippen molar-refractivity contribution in [3.8, 4) is 5.75 Å². The minimum atomic E-state index is -0.380. The van der Waals surface area contributed by atoms with Gasteiger partial charge in [0.05, 0.1) is 12.7 Å². The van der Waals surface area contributed by atoms with Crippen molar-refractivity contribution in [3.63, 3.8) is 0 Å². The van der Waals surface area contributed by atoms with Crippen molar-refractivity contribution in [3.05, 3.63) is 83.9 Å². The number of rotatable bonds is 8. The molecule has 3 aromatic carbocycles. The Bertz CT molecular complexity index is 1190. The van der Waals surface area contributed by atoms with Gasteiger partial charge in [0, 0.05) is 36.2 Å². The Kier molecular flexibility index (Phi) is 8.67. The standard InChI is InChI=1S/C30H36N4O3/c1-21(2)31-29(35)27-20-25(33-30(36)32-24-9-12-26(37-3)13-10-24)11-14-28(27)34-17-15-23(16-18-34)19-22-7-5-4-6-8-22/h4-14,20-21,23H,15-19H2,1-3H3,(H,31,35)(H2,32,33,36). The van der Waals surface area contributed by atoms with E-state index >= 15 is 0 Å². The van der Waals surface area contributed by atoms with Crippen LogP contribution < -0.4 is 25.6 Å². The number of anilines is 3. The van der Waals surface area contributed by atoms with Gasteiger partial charge in [0.1, 0.15) is 5.75 Å². The third kappa shape index (κ3) is 7.26. The zero-order valence-corrected chi connectivity index (χ0v) is 21.8. The maximum absolute atomic E-state index is 13.1. The highest BCUT2D eigenvalue weighted by atomic mass is 16.5. The van der Waals surface area contributed by atoms with Crippen LogP contribution in [0.3, 0.4) is 0 Å². The smallest absolute Gasteiger partial charge is 0.323 e. The van der Waals surface area contributed by atoms with Gasteiger partial charge in [0.25, 0.3) is 5.91 Å². The van der Waals surface area contributed by atoms with E-state index in [1.165, 1.54) is 5.56 Å². The molecule has 0 atom stereocenters. The topological polar surface area (TPSA) is 82.7 Å². The Labute approximate surface area is 219 Å². The number of hydrogen-bond donors (Lipinski definition) is 3. The number of nitrogens with zero attached hydrogens (tertiary/aromatic N) is 1. The van der Waals surface area contributed by atoms with Crippen LogP contribution in [0.4, 0.5) is 21.9 Å². The van der Waals surface area contributed by atoms with Gasteiger partial charge in [-0.15, -0.1) is 0 Å². The number of piperidine rings is 1. The summed E-state index contributed by atoms with van der Waals surface area (Å²) in [4.78, 5) is 28.0. The van der Waals surface area contributed by atoms with E-state index in [4.69, 9.17) is 4.74 Å². The molecule has 1 heterocycles. The molecule has 7 heteroatoms. The SMILES string of the molecule is COc1ccc(NC(=O)Nc2ccc(N3CCC(Cc4ccccc4)CC3)c(C(=O)NC(C)C)c2)cc1. The third-order valence-electron chi connectivity index (χ3n) is 6.59. The molecule has 4 rings (SSSR count). The van der Waals surface area contributed by atoms with Crippen LogP contribution in [0.15, 0.2) is 72.8 Å². The molecular weight excluding hydrogens is 464 g/mol. The van der Waals surface area contributed by atoms with Gasteiger partial charge >= 0.3 is 6.03 Å². The average Bonchev–Trinajstić information content (AvgIpc) is 2.90. The first kappa shape index (κ1) is 26.1. The molecule has 1 saturated heterocycles. The second-order valence-corrected chi connectivity index (χ2v) is 9.79. The second kappa shape index (κ2) is 12.3. The van der Waals surface area contributed by atoms with E-state index in [1.807, 2.05) is 26.0 Å². The highest BCUT2D eigenvalue weighted by Crippen LogP contribution is 2.30. The van der Waals surface area contributed by atoms with E-state index in [-0.39, 0.29) is 18.0 Å². The van der Waals surface area contributed by atoms with Crippen LogP contribution in [-0.2, 0) is 6.42 Å². The number of amides is 3. The maximum Gasteiger partial charge on any atom is 0.323 e. The zero-order chi connectivity index (χ0) is 26.2. The number of carbonyl (C=O) groups excluding carboxylic acids is 2. The van der Waals surface area contributed by atoms with Gasteiger partial charge < -0.3 is 25.6 Å². The van der Waals surface area contributed by atoms with Crippen molar-refractivity contribution in [2.24, 2.45) is 5.92 Å². The molecule has 0 saturated carbocycles. The molecule has 0 radical (unpaired) electrons. The molecule has 0 bridgehead atoms. The fraction of sp³-hybridized carbons (Fsp3) is 0.333. The Morgan fingerprint density at radius 2 is 1.57 bits per heavy atom. The lowest BCUT2D eigenvalue weighted by Gasteiger charge is -2.35. The lowest BCUT2D eigenvalue weighted by Crippen LogP contribution is -2.37. The molecule has 0 aromatic heterocycles. The van der Waals surface area contributed by atoms with E-state index in [0.717, 1.165) is 38.0 Å². The predicted octanol–water partition coefficient (Wildman–Crippen LogP) is 5.94. The number of methoxy groups -OCH3 is 1. The summed E-state index contributed by atoms with van der Waals surface area (Å²) in [6.45, 7) is 5.67. The first-order valence-corrected chi connectivity index (χ1v) is 12.9. The molecule has 0 aliphatic carbocycles. The van der Waals surface area contributed by atoms with Gasteiger partial charge in [-0.25, -0.2) is 4.79 Å². The highest BCUT2D eigenvalue weighted by Gasteiger charge is 2.24. The second-order valence-electron chi connectivity index (χ2n) is 9.79. The Morgan fingerprint density at radius 1 is 0.919 bits per heavy atom. The predicted molar refractivity (Wildman–Crippen MR) is 150 cm³/mol. The summed E-state index contributed by atoms with van der Waals surface area (Å²) in [5, 5.41) is 8.67. The van der Waals surface area contributed by atoms with Gasteiger partial charge in [-0.3, -0.25) is 4.79 Å². The molecule has 0 spiro atoms. The molecule has 37 heavy (non-hydrogen) atoms. The number of benzene rings is 3. The third-order valence-corrected chi connectivity index (χ3v) is 6.59. The fourth-order valence-electron chi connectivity index (χ4n) is 4.70. The van der Waals surface area contributed by atoms with E-state index in [2.05, 4.69) is 51.2 Å². The normalized spacial score (nSPS) is 13.8. The van der Waals surface area contributed by atoms with Crippen LogP contribution in [-0.4, -0.2) is 38.2 Å². The van der Waals surface area contributed by atoms with Crippen LogP contribution in [0, 0.1) is 5.92 Å². The summed E-state index contributed by atoms with van der Waals surface area (Å²) in [6.07, 6.45) is 3.23. The Balaban J connectivity index is 1.45. The van der Waals surface area contributed by atoms with Crippen LogP contribution in [0.2, 0.25) is 0 Å². The summed E-state index contributed by atoms with van der Waals surface area (Å²) in [5.41, 5.74) is 4.05. The van der Waals surface area contributed by atoms with Crippen molar-refractivity contribution < 1.29 is 14.3 Å². The maximum atomic E-state index is 13.1. The molecule has 194 valence electrons. The molecular formula is C30H36N4O3. The quantitative estimate of drug-likeness (QED) is 0.358. The molecule has 1 aliphatic rings. The molecule has 3 amide bonds. The zero-order valence-electron chi connectivity index (χ0n) is 21.8. The largest absolute Gasteiger partial charge is 0.497 e. The van der Waals surface area contributed by atoms with Crippen molar-refractivity contribution >= 4 is 29.0 Å². The van der Waals surface area contributed by atoms with Gasteiger partial charge in [-0.1, -0.05) is 30.3 Å². The molecule has 1 aliphatic heterocycles. The first-order chi connectivity index (χ1) is 17.9. The van der Waals surface area contributed by atoms with Gasteiger partial charge in [-0.05, 0) is 87.1 Å². The van der Waals surface area contributed by atoms with Crippen molar-refractivity contribution in [2.75, 3.05) is 35.7 Å². The number of carbonyl (C=O) groups is 2. The van der Waals surface area contributed by atoms with Crippen molar-refractivity contribution in [2.45, 2.75) is 39.2 Å². The van der Waals surface area contributed by atoms with E-state index in [9.17, 15) is 9.59 Å². The monoisotopic (exact) mass is 500 g/mol.